The van der Waals surface area contributed by atoms with Gasteiger partial charge in [-0.05, 0) is 36.8 Å². The molecule has 0 saturated carbocycles. The Bertz CT molecular complexity index is 957. The number of hydrogen-bond donors (Lipinski definition) is 2. The maximum atomic E-state index is 13.2. The Hall–Kier alpha value is -2.29. The number of rotatable bonds is 6. The molecule has 142 valence electrons. The quantitative estimate of drug-likeness (QED) is 0.646. The van der Waals surface area contributed by atoms with Gasteiger partial charge in [0.25, 0.3) is 0 Å². The number of aromatic nitrogens is 3. The van der Waals surface area contributed by atoms with Crippen LogP contribution in [0.5, 0.6) is 0 Å². The summed E-state index contributed by atoms with van der Waals surface area (Å²) in [6.07, 6.45) is 2.11. The molecule has 0 aliphatic carbocycles. The summed E-state index contributed by atoms with van der Waals surface area (Å²) in [7, 11) is 1.88. The molecule has 0 aliphatic heterocycles. The fraction of sp³-hybridized carbons (Fsp3) is 0.278. The Morgan fingerprint density at radius 2 is 2.19 bits per heavy atom. The van der Waals surface area contributed by atoms with Crippen LogP contribution in [0, 0.1) is 11.7 Å². The van der Waals surface area contributed by atoms with Gasteiger partial charge in [0.15, 0.2) is 5.82 Å². The van der Waals surface area contributed by atoms with E-state index >= 15 is 0 Å². The van der Waals surface area contributed by atoms with Crippen LogP contribution in [0.2, 0.25) is 5.02 Å². The molecule has 0 radical (unpaired) electrons. The molecule has 0 bridgehead atoms. The SMILES string of the molecule is C[C@H](C[C@H](N)c1ccc(-c2nncn2C)s1)C(=O)Nc1ccc(F)c(Cl)c1. The van der Waals surface area contributed by atoms with E-state index in [1.807, 2.05) is 23.7 Å². The van der Waals surface area contributed by atoms with E-state index in [1.54, 1.807) is 13.3 Å². The first kappa shape index (κ1) is 19.5. The topological polar surface area (TPSA) is 85.8 Å². The fourth-order valence-electron chi connectivity index (χ4n) is 2.62. The minimum atomic E-state index is -0.527. The zero-order valence-electron chi connectivity index (χ0n) is 14.8. The van der Waals surface area contributed by atoms with E-state index in [2.05, 4.69) is 15.5 Å². The molecule has 0 aliphatic rings. The Balaban J connectivity index is 1.62. The van der Waals surface area contributed by atoms with Crippen molar-refractivity contribution in [3.63, 3.8) is 0 Å². The summed E-state index contributed by atoms with van der Waals surface area (Å²) < 4.78 is 15.1. The number of anilines is 1. The Kier molecular flexibility index (Phi) is 5.88. The molecule has 1 amide bonds. The van der Waals surface area contributed by atoms with Gasteiger partial charge in [-0.15, -0.1) is 21.5 Å². The zero-order valence-corrected chi connectivity index (χ0v) is 16.4. The average Bonchev–Trinajstić information content (AvgIpc) is 3.26. The lowest BCUT2D eigenvalue weighted by Crippen LogP contribution is -2.24. The third-order valence-corrected chi connectivity index (χ3v) is 5.67. The first-order valence-electron chi connectivity index (χ1n) is 8.30. The number of hydrogen-bond acceptors (Lipinski definition) is 5. The van der Waals surface area contributed by atoms with Gasteiger partial charge in [0.2, 0.25) is 5.91 Å². The number of benzene rings is 1. The Morgan fingerprint density at radius 3 is 2.85 bits per heavy atom. The van der Waals surface area contributed by atoms with Crippen molar-refractivity contribution in [1.82, 2.24) is 14.8 Å². The maximum Gasteiger partial charge on any atom is 0.227 e. The highest BCUT2D eigenvalue weighted by Crippen LogP contribution is 2.31. The molecule has 2 atom stereocenters. The van der Waals surface area contributed by atoms with Crippen LogP contribution < -0.4 is 11.1 Å². The maximum absolute atomic E-state index is 13.2. The van der Waals surface area contributed by atoms with Crippen LogP contribution in [0.4, 0.5) is 10.1 Å². The van der Waals surface area contributed by atoms with Crippen molar-refractivity contribution in [1.29, 1.82) is 0 Å². The van der Waals surface area contributed by atoms with Gasteiger partial charge in [-0.3, -0.25) is 4.79 Å². The lowest BCUT2D eigenvalue weighted by Gasteiger charge is -2.16. The highest BCUT2D eigenvalue weighted by Gasteiger charge is 2.20. The molecule has 2 aromatic heterocycles. The molecule has 1 aromatic carbocycles. The normalized spacial score (nSPS) is 13.4. The van der Waals surface area contributed by atoms with Gasteiger partial charge in [0.05, 0.1) is 9.90 Å². The number of carbonyl (C=O) groups excluding carboxylic acids is 1. The van der Waals surface area contributed by atoms with Crippen molar-refractivity contribution < 1.29 is 9.18 Å². The van der Waals surface area contributed by atoms with E-state index in [0.29, 0.717) is 12.1 Å². The number of nitrogens with zero attached hydrogens (tertiary/aromatic N) is 3. The van der Waals surface area contributed by atoms with Crippen LogP contribution in [0.1, 0.15) is 24.3 Å². The molecular formula is C18H19ClFN5OS. The number of halogens is 2. The number of thiophene rings is 1. The van der Waals surface area contributed by atoms with E-state index in [1.165, 1.54) is 29.5 Å². The minimum Gasteiger partial charge on any atom is -0.326 e. The highest BCUT2D eigenvalue weighted by atomic mass is 35.5. The van der Waals surface area contributed by atoms with Crippen LogP contribution in [0.25, 0.3) is 10.7 Å². The second-order valence-electron chi connectivity index (χ2n) is 6.33. The molecule has 0 unspecified atom stereocenters. The Labute approximate surface area is 165 Å². The molecule has 2 heterocycles. The lowest BCUT2D eigenvalue weighted by molar-refractivity contribution is -0.119. The molecule has 9 heteroatoms. The lowest BCUT2D eigenvalue weighted by atomic mass is 10.0. The van der Waals surface area contributed by atoms with Crippen molar-refractivity contribution in [3.05, 3.63) is 52.4 Å². The van der Waals surface area contributed by atoms with Gasteiger partial charge in [-0.1, -0.05) is 18.5 Å². The fourth-order valence-corrected chi connectivity index (χ4v) is 3.85. The van der Waals surface area contributed by atoms with Crippen molar-refractivity contribution in [3.8, 4) is 10.7 Å². The summed E-state index contributed by atoms with van der Waals surface area (Å²) in [5.41, 5.74) is 6.74. The summed E-state index contributed by atoms with van der Waals surface area (Å²) in [6, 6.07) is 7.69. The van der Waals surface area contributed by atoms with E-state index in [4.69, 9.17) is 17.3 Å². The number of nitrogens with one attached hydrogen (secondary N) is 1. The summed E-state index contributed by atoms with van der Waals surface area (Å²) in [5.74, 6) is -0.277. The second kappa shape index (κ2) is 8.16. The monoisotopic (exact) mass is 407 g/mol. The molecule has 27 heavy (non-hydrogen) atoms. The van der Waals surface area contributed by atoms with Crippen molar-refractivity contribution >= 4 is 34.5 Å². The molecule has 0 spiro atoms. The average molecular weight is 408 g/mol. The van der Waals surface area contributed by atoms with E-state index < -0.39 is 5.82 Å². The third-order valence-electron chi connectivity index (χ3n) is 4.17. The van der Waals surface area contributed by atoms with Crippen LogP contribution in [0.3, 0.4) is 0 Å². The van der Waals surface area contributed by atoms with Gasteiger partial charge < -0.3 is 15.6 Å². The second-order valence-corrected chi connectivity index (χ2v) is 7.85. The number of amides is 1. The first-order chi connectivity index (χ1) is 12.8. The molecule has 3 rings (SSSR count). The van der Waals surface area contributed by atoms with Gasteiger partial charge in [0, 0.05) is 29.6 Å². The summed E-state index contributed by atoms with van der Waals surface area (Å²) in [4.78, 5) is 14.3. The van der Waals surface area contributed by atoms with Gasteiger partial charge >= 0.3 is 0 Å². The van der Waals surface area contributed by atoms with Gasteiger partial charge in [-0.25, -0.2) is 4.39 Å². The number of nitrogens with two attached hydrogens (primary N) is 1. The predicted octanol–water partition coefficient (Wildman–Crippen LogP) is 4.00. The third kappa shape index (κ3) is 4.52. The molecule has 6 nitrogen and oxygen atoms in total. The van der Waals surface area contributed by atoms with Crippen LogP contribution >= 0.6 is 22.9 Å². The largest absolute Gasteiger partial charge is 0.326 e. The molecule has 0 fully saturated rings. The van der Waals surface area contributed by atoms with Crippen molar-refractivity contribution in [2.75, 3.05) is 5.32 Å². The summed E-state index contributed by atoms with van der Waals surface area (Å²) in [5, 5.41) is 10.7. The summed E-state index contributed by atoms with van der Waals surface area (Å²) in [6.45, 7) is 1.80. The molecule has 3 N–H and O–H groups in total. The molecule has 0 saturated heterocycles. The number of carbonyl (C=O) groups is 1. The Morgan fingerprint density at radius 1 is 1.41 bits per heavy atom. The number of aryl methyl sites for hydroxylation is 1. The molecular weight excluding hydrogens is 389 g/mol. The van der Waals surface area contributed by atoms with E-state index in [-0.39, 0.29) is 22.9 Å². The van der Waals surface area contributed by atoms with Gasteiger partial charge in [-0.2, -0.15) is 0 Å². The van der Waals surface area contributed by atoms with Crippen LogP contribution in [0.15, 0.2) is 36.7 Å². The van der Waals surface area contributed by atoms with Crippen LogP contribution in [-0.4, -0.2) is 20.7 Å². The standard InChI is InChI=1S/C18H19ClFN5OS/c1-10(18(26)23-11-3-4-13(20)12(19)8-11)7-14(21)15-5-6-16(27-15)17-24-22-9-25(17)2/h3-6,8-10,14H,7,21H2,1-2H3,(H,23,26)/t10-,14+/m1/s1. The van der Waals surface area contributed by atoms with E-state index in [9.17, 15) is 9.18 Å². The minimum absolute atomic E-state index is 0.0351. The van der Waals surface area contributed by atoms with E-state index in [0.717, 1.165) is 15.6 Å². The smallest absolute Gasteiger partial charge is 0.227 e. The van der Waals surface area contributed by atoms with Crippen molar-refractivity contribution in [2.45, 2.75) is 19.4 Å². The van der Waals surface area contributed by atoms with Crippen LogP contribution in [-0.2, 0) is 11.8 Å². The zero-order chi connectivity index (χ0) is 19.6. The highest BCUT2D eigenvalue weighted by molar-refractivity contribution is 7.15. The van der Waals surface area contributed by atoms with Gasteiger partial charge in [0.1, 0.15) is 12.1 Å². The molecule has 3 aromatic rings. The summed E-state index contributed by atoms with van der Waals surface area (Å²) >= 11 is 7.28. The first-order valence-corrected chi connectivity index (χ1v) is 9.50. The van der Waals surface area contributed by atoms with Crippen molar-refractivity contribution in [2.24, 2.45) is 18.7 Å². The predicted molar refractivity (Wildman–Crippen MR) is 105 cm³/mol.